The van der Waals surface area contributed by atoms with E-state index in [1.54, 1.807) is 40.5 Å². The number of aliphatic imine (C=N–C) groups is 1. The van der Waals surface area contributed by atoms with Gasteiger partial charge in [-0.25, -0.2) is 4.39 Å². The quantitative estimate of drug-likeness (QED) is 0.320. The zero-order valence-electron chi connectivity index (χ0n) is 19.1. The molecule has 0 saturated carbocycles. The van der Waals surface area contributed by atoms with Crippen LogP contribution in [-0.4, -0.2) is 70.3 Å². The first kappa shape index (κ1) is 26.0. The maximum Gasteiger partial charge on any atom is 0.203 e. The summed E-state index contributed by atoms with van der Waals surface area (Å²) in [6, 6.07) is 10.8. The van der Waals surface area contributed by atoms with Gasteiger partial charge in [-0.15, -0.1) is 24.0 Å². The molecule has 1 saturated heterocycles. The van der Waals surface area contributed by atoms with Crippen LogP contribution in [0.5, 0.6) is 17.2 Å². The minimum atomic E-state index is -0.208. The summed E-state index contributed by atoms with van der Waals surface area (Å²) in [6.07, 6.45) is 0. The highest BCUT2D eigenvalue weighted by molar-refractivity contribution is 14.0. The van der Waals surface area contributed by atoms with Gasteiger partial charge < -0.3 is 24.4 Å². The minimum absolute atomic E-state index is 0. The monoisotopic (exact) mass is 558 g/mol. The molecule has 0 aliphatic carbocycles. The second-order valence-corrected chi connectivity index (χ2v) is 7.29. The van der Waals surface area contributed by atoms with Gasteiger partial charge in [-0.05, 0) is 23.8 Å². The number of hydrogen-bond acceptors (Lipinski definition) is 5. The standard InChI is InChI=1S/C23H31FN4O3.HI/c1-25-23(26-15-18-7-5-6-8-19(18)24)28-11-9-27(10-12-28)16-17-13-20(29-2)22(31-4)21(14-17)30-3;/h5-8,13-14H,9-12,15-16H2,1-4H3,(H,25,26);1H. The number of guanidine groups is 1. The van der Waals surface area contributed by atoms with Crippen molar-refractivity contribution in [3.05, 3.63) is 53.3 Å². The molecule has 0 aromatic heterocycles. The molecular formula is C23H32FIN4O3. The molecule has 3 rings (SSSR count). The number of halogens is 2. The second-order valence-electron chi connectivity index (χ2n) is 7.29. The zero-order valence-corrected chi connectivity index (χ0v) is 21.4. The molecule has 7 nitrogen and oxygen atoms in total. The van der Waals surface area contributed by atoms with E-state index in [9.17, 15) is 4.39 Å². The van der Waals surface area contributed by atoms with Crippen LogP contribution in [0.1, 0.15) is 11.1 Å². The van der Waals surface area contributed by atoms with Gasteiger partial charge in [-0.3, -0.25) is 9.89 Å². The average molecular weight is 558 g/mol. The fourth-order valence-corrected chi connectivity index (χ4v) is 3.75. The first-order valence-corrected chi connectivity index (χ1v) is 10.3. The SMILES string of the molecule is CN=C(NCc1ccccc1F)N1CCN(Cc2cc(OC)c(OC)c(OC)c2)CC1.I. The highest BCUT2D eigenvalue weighted by Crippen LogP contribution is 2.38. The van der Waals surface area contributed by atoms with Crippen LogP contribution in [-0.2, 0) is 13.1 Å². The number of rotatable bonds is 7. The van der Waals surface area contributed by atoms with Crippen molar-refractivity contribution in [2.45, 2.75) is 13.1 Å². The van der Waals surface area contributed by atoms with Crippen LogP contribution in [0.4, 0.5) is 4.39 Å². The Morgan fingerprint density at radius 2 is 1.62 bits per heavy atom. The van der Waals surface area contributed by atoms with Gasteiger partial charge in [0.05, 0.1) is 21.3 Å². The van der Waals surface area contributed by atoms with Crippen molar-refractivity contribution in [2.75, 3.05) is 54.6 Å². The van der Waals surface area contributed by atoms with Crippen LogP contribution >= 0.6 is 24.0 Å². The lowest BCUT2D eigenvalue weighted by atomic mass is 10.1. The molecule has 0 unspecified atom stereocenters. The van der Waals surface area contributed by atoms with Crippen molar-refractivity contribution >= 4 is 29.9 Å². The molecule has 0 spiro atoms. The van der Waals surface area contributed by atoms with Gasteiger partial charge in [0.1, 0.15) is 5.82 Å². The summed E-state index contributed by atoms with van der Waals surface area (Å²) >= 11 is 0. The van der Waals surface area contributed by atoms with Crippen LogP contribution in [0.3, 0.4) is 0 Å². The van der Waals surface area contributed by atoms with Crippen molar-refractivity contribution in [1.82, 2.24) is 15.1 Å². The maximum absolute atomic E-state index is 13.9. The van der Waals surface area contributed by atoms with Gasteiger partial charge in [0.15, 0.2) is 17.5 Å². The largest absolute Gasteiger partial charge is 0.493 e. The van der Waals surface area contributed by atoms with Gasteiger partial charge in [-0.2, -0.15) is 0 Å². The van der Waals surface area contributed by atoms with Crippen LogP contribution in [0, 0.1) is 5.82 Å². The molecule has 9 heteroatoms. The van der Waals surface area contributed by atoms with E-state index in [4.69, 9.17) is 14.2 Å². The number of nitrogens with zero attached hydrogens (tertiary/aromatic N) is 3. The van der Waals surface area contributed by atoms with Crippen molar-refractivity contribution in [3.63, 3.8) is 0 Å². The zero-order chi connectivity index (χ0) is 22.2. The lowest BCUT2D eigenvalue weighted by Gasteiger charge is -2.36. The fraction of sp³-hybridized carbons (Fsp3) is 0.435. The van der Waals surface area contributed by atoms with Gasteiger partial charge in [0.2, 0.25) is 5.75 Å². The van der Waals surface area contributed by atoms with Gasteiger partial charge in [-0.1, -0.05) is 18.2 Å². The summed E-state index contributed by atoms with van der Waals surface area (Å²) < 4.78 is 30.2. The number of methoxy groups -OCH3 is 3. The molecule has 2 aromatic rings. The Hall–Kier alpha value is -2.27. The summed E-state index contributed by atoms with van der Waals surface area (Å²) in [4.78, 5) is 8.95. The molecule has 2 aromatic carbocycles. The van der Waals surface area contributed by atoms with Crippen molar-refractivity contribution in [1.29, 1.82) is 0 Å². The Morgan fingerprint density at radius 1 is 1.00 bits per heavy atom. The van der Waals surface area contributed by atoms with Crippen LogP contribution in [0.15, 0.2) is 41.4 Å². The van der Waals surface area contributed by atoms with E-state index in [1.165, 1.54) is 6.07 Å². The van der Waals surface area contributed by atoms with E-state index < -0.39 is 0 Å². The number of benzene rings is 2. The Kier molecular flexibility index (Phi) is 10.3. The molecule has 1 heterocycles. The molecule has 1 N–H and O–H groups in total. The highest BCUT2D eigenvalue weighted by Gasteiger charge is 2.21. The average Bonchev–Trinajstić information content (AvgIpc) is 2.80. The van der Waals surface area contributed by atoms with Gasteiger partial charge in [0, 0.05) is 51.9 Å². The summed E-state index contributed by atoms with van der Waals surface area (Å²) in [5.41, 5.74) is 1.73. The van der Waals surface area contributed by atoms with Crippen molar-refractivity contribution < 1.29 is 18.6 Å². The fourth-order valence-electron chi connectivity index (χ4n) is 3.75. The smallest absolute Gasteiger partial charge is 0.203 e. The third kappa shape index (κ3) is 6.38. The van der Waals surface area contributed by atoms with E-state index in [0.717, 1.165) is 44.2 Å². The van der Waals surface area contributed by atoms with Crippen molar-refractivity contribution in [2.24, 2.45) is 4.99 Å². The molecule has 0 radical (unpaired) electrons. The van der Waals surface area contributed by atoms with E-state index in [0.29, 0.717) is 29.4 Å². The molecule has 176 valence electrons. The Morgan fingerprint density at radius 3 is 2.16 bits per heavy atom. The summed E-state index contributed by atoms with van der Waals surface area (Å²) in [7, 11) is 6.61. The van der Waals surface area contributed by atoms with Gasteiger partial charge in [0.25, 0.3) is 0 Å². The van der Waals surface area contributed by atoms with Crippen LogP contribution < -0.4 is 19.5 Å². The summed E-state index contributed by atoms with van der Waals surface area (Å²) in [6.45, 7) is 4.63. The van der Waals surface area contributed by atoms with E-state index in [2.05, 4.69) is 20.1 Å². The van der Waals surface area contributed by atoms with E-state index in [1.807, 2.05) is 18.2 Å². The molecular weight excluding hydrogens is 526 g/mol. The van der Waals surface area contributed by atoms with Crippen LogP contribution in [0.25, 0.3) is 0 Å². The Balaban J connectivity index is 0.00000363. The third-order valence-electron chi connectivity index (χ3n) is 5.41. The highest BCUT2D eigenvalue weighted by atomic mass is 127. The predicted octanol–water partition coefficient (Wildman–Crippen LogP) is 3.36. The van der Waals surface area contributed by atoms with Crippen LogP contribution in [0.2, 0.25) is 0 Å². The molecule has 1 aliphatic heterocycles. The third-order valence-corrected chi connectivity index (χ3v) is 5.41. The Bertz CT molecular complexity index is 880. The summed E-state index contributed by atoms with van der Waals surface area (Å²) in [5.74, 6) is 2.50. The molecule has 0 atom stereocenters. The molecule has 0 bridgehead atoms. The number of piperazine rings is 1. The predicted molar refractivity (Wildman–Crippen MR) is 135 cm³/mol. The molecule has 1 aliphatic rings. The van der Waals surface area contributed by atoms with E-state index >= 15 is 0 Å². The van der Waals surface area contributed by atoms with Crippen molar-refractivity contribution in [3.8, 4) is 17.2 Å². The lowest BCUT2D eigenvalue weighted by Crippen LogP contribution is -2.52. The van der Waals surface area contributed by atoms with E-state index in [-0.39, 0.29) is 29.8 Å². The first-order chi connectivity index (χ1) is 15.1. The number of hydrogen-bond donors (Lipinski definition) is 1. The normalized spacial score (nSPS) is 14.5. The van der Waals surface area contributed by atoms with Gasteiger partial charge >= 0.3 is 0 Å². The molecule has 1 fully saturated rings. The molecule has 32 heavy (non-hydrogen) atoms. The number of nitrogens with one attached hydrogen (secondary N) is 1. The Labute approximate surface area is 206 Å². The lowest BCUT2D eigenvalue weighted by molar-refractivity contribution is 0.172. The molecule has 0 amide bonds. The topological polar surface area (TPSA) is 58.6 Å². The summed E-state index contributed by atoms with van der Waals surface area (Å²) in [5, 5.41) is 3.27. The first-order valence-electron chi connectivity index (χ1n) is 10.3. The number of ether oxygens (including phenoxy) is 3. The minimum Gasteiger partial charge on any atom is -0.493 e. The maximum atomic E-state index is 13.9. The second kappa shape index (κ2) is 12.7.